The molecule has 0 N–H and O–H groups in total. The smallest absolute Gasteiger partial charge is 0.0746 e. The Balaban J connectivity index is 1.25. The molecule has 8 aromatic carbocycles. The van der Waals surface area contributed by atoms with Crippen LogP contribution in [0.2, 0.25) is 0 Å². The van der Waals surface area contributed by atoms with Gasteiger partial charge in [-0.15, -0.1) is 0 Å². The molecule has 3 aliphatic rings. The van der Waals surface area contributed by atoms with Crippen molar-refractivity contribution in [1.29, 1.82) is 0 Å². The number of rotatable bonds is 6. The van der Waals surface area contributed by atoms with Crippen molar-refractivity contribution in [3.63, 3.8) is 0 Å². The number of fused-ring (bicyclic) bond motifs is 13. The second kappa shape index (κ2) is 14.5. The van der Waals surface area contributed by atoms with Crippen molar-refractivity contribution in [3.05, 3.63) is 219 Å². The third-order valence-electron chi connectivity index (χ3n) is 15.4. The molecule has 11 rings (SSSR count). The Labute approximate surface area is 387 Å². The summed E-state index contributed by atoms with van der Waals surface area (Å²) in [6.07, 6.45) is 1.92. The van der Waals surface area contributed by atoms with E-state index < -0.39 is 5.41 Å². The minimum atomic E-state index is -0.562. The lowest BCUT2D eigenvalue weighted by Crippen LogP contribution is -2.29. The summed E-state index contributed by atoms with van der Waals surface area (Å²) in [6, 6.07) is 63.8. The van der Waals surface area contributed by atoms with Crippen LogP contribution in [-0.2, 0) is 34.5 Å². The lowest BCUT2D eigenvalue weighted by atomic mass is 9.68. The highest BCUT2D eigenvalue weighted by atomic mass is 15.1. The van der Waals surface area contributed by atoms with E-state index in [9.17, 15) is 0 Å². The minimum absolute atomic E-state index is 0.0302. The third-order valence-corrected chi connectivity index (χ3v) is 15.4. The fourth-order valence-electron chi connectivity index (χ4n) is 12.0. The summed E-state index contributed by atoms with van der Waals surface area (Å²) in [7, 11) is 0. The first kappa shape index (κ1) is 41.3. The molecule has 0 fully saturated rings. The summed E-state index contributed by atoms with van der Waals surface area (Å²) in [5, 5.41) is 0. The van der Waals surface area contributed by atoms with Crippen LogP contribution < -0.4 is 4.90 Å². The monoisotopic (exact) mass is 843 g/mol. The molecule has 1 nitrogen and oxygen atoms in total. The average Bonchev–Trinajstić information content (AvgIpc) is 3.86. The largest absolute Gasteiger partial charge is 0.310 e. The van der Waals surface area contributed by atoms with Gasteiger partial charge in [0.25, 0.3) is 0 Å². The Morgan fingerprint density at radius 3 is 1.46 bits per heavy atom. The normalized spacial score (nSPS) is 14.7. The minimum Gasteiger partial charge on any atom is -0.310 e. The quantitative estimate of drug-likeness (QED) is 0.161. The molecule has 0 atom stereocenters. The summed E-state index contributed by atoms with van der Waals surface area (Å²) in [6.45, 7) is 23.5. The van der Waals surface area contributed by atoms with Crippen molar-refractivity contribution in [1.82, 2.24) is 0 Å². The number of anilines is 3. The summed E-state index contributed by atoms with van der Waals surface area (Å²) in [4.78, 5) is 2.62. The Kier molecular flexibility index (Phi) is 9.23. The zero-order valence-electron chi connectivity index (χ0n) is 39.9. The maximum absolute atomic E-state index is 2.62. The number of hydrogen-bond acceptors (Lipinski definition) is 1. The Morgan fingerprint density at radius 1 is 0.385 bits per heavy atom. The van der Waals surface area contributed by atoms with Gasteiger partial charge in [-0.1, -0.05) is 203 Å². The highest BCUT2D eigenvalue weighted by Gasteiger charge is 2.54. The first-order valence-electron chi connectivity index (χ1n) is 24.0. The van der Waals surface area contributed by atoms with Crippen LogP contribution in [0.3, 0.4) is 0 Å². The van der Waals surface area contributed by atoms with Gasteiger partial charge in [-0.2, -0.15) is 0 Å². The molecular weight excluding hydrogens is 783 g/mol. The number of nitrogens with zero attached hydrogens (tertiary/aromatic N) is 1. The molecule has 0 unspecified atom stereocenters. The van der Waals surface area contributed by atoms with E-state index in [0.717, 1.165) is 12.8 Å². The molecule has 65 heavy (non-hydrogen) atoms. The van der Waals surface area contributed by atoms with Crippen molar-refractivity contribution in [2.75, 3.05) is 4.90 Å². The van der Waals surface area contributed by atoms with Crippen LogP contribution in [0.25, 0.3) is 44.5 Å². The summed E-state index contributed by atoms with van der Waals surface area (Å²) >= 11 is 0. The molecular formula is C64H61N. The molecule has 0 radical (unpaired) electrons. The second-order valence-electron chi connectivity index (χ2n) is 21.5. The summed E-state index contributed by atoms with van der Waals surface area (Å²) in [5.74, 6) is 0. The molecule has 8 aromatic rings. The number of hydrogen-bond donors (Lipinski definition) is 0. The van der Waals surface area contributed by atoms with Gasteiger partial charge < -0.3 is 4.90 Å². The van der Waals surface area contributed by atoms with Crippen LogP contribution >= 0.6 is 0 Å². The molecule has 1 heteroatoms. The molecule has 0 heterocycles. The Bertz CT molecular complexity index is 3170. The van der Waals surface area contributed by atoms with Gasteiger partial charge in [0.15, 0.2) is 0 Å². The topological polar surface area (TPSA) is 3.24 Å². The van der Waals surface area contributed by atoms with Crippen LogP contribution in [-0.4, -0.2) is 0 Å². The van der Waals surface area contributed by atoms with E-state index >= 15 is 0 Å². The van der Waals surface area contributed by atoms with E-state index in [0.29, 0.717) is 0 Å². The van der Waals surface area contributed by atoms with E-state index in [2.05, 4.69) is 238 Å². The lowest BCUT2D eigenvalue weighted by Gasteiger charge is -2.37. The van der Waals surface area contributed by atoms with Crippen LogP contribution in [0.15, 0.2) is 164 Å². The summed E-state index contributed by atoms with van der Waals surface area (Å²) < 4.78 is 0. The van der Waals surface area contributed by atoms with Crippen molar-refractivity contribution in [2.24, 2.45) is 0 Å². The molecule has 322 valence electrons. The predicted octanol–water partition coefficient (Wildman–Crippen LogP) is 17.2. The van der Waals surface area contributed by atoms with Gasteiger partial charge in [0.05, 0.1) is 11.1 Å². The number of aryl methyl sites for hydroxylation is 2. The SMILES string of the molecule is CCc1ccccc1-c1ccc(N(c2ccc3c(c2)C(C)(C)c2ccccc2-3)c2cccc3c2C2(c4cc(C(C)(C)C)ccc4-c4ccc(C(C)(C)C)cc42)c2ccccc2-3)cc1CC. The zero-order valence-corrected chi connectivity index (χ0v) is 39.9. The molecule has 0 bridgehead atoms. The van der Waals surface area contributed by atoms with Crippen molar-refractivity contribution < 1.29 is 0 Å². The lowest BCUT2D eigenvalue weighted by molar-refractivity contribution is 0.586. The molecule has 0 aromatic heterocycles. The van der Waals surface area contributed by atoms with Crippen molar-refractivity contribution in [2.45, 2.75) is 104 Å². The Hall–Kier alpha value is -6.44. The van der Waals surface area contributed by atoms with E-state index in [4.69, 9.17) is 0 Å². The molecule has 0 aliphatic heterocycles. The maximum atomic E-state index is 2.62. The standard InChI is InChI=1S/C64H61N/c1-11-40-20-13-14-21-46(40)47-34-30-44(36-41(47)12-2)65(45-31-35-50-48-22-15-17-25-54(48)63(9,10)56(50)39-45)59-27-19-24-53-49-23-16-18-26-55(49)64(60(53)59)57-37-42(61(3,4)5)28-32-51(57)52-33-29-43(38-58(52)64)62(6,7)8/h13-39H,11-12H2,1-10H3. The van der Waals surface area contributed by atoms with Gasteiger partial charge >= 0.3 is 0 Å². The predicted molar refractivity (Wildman–Crippen MR) is 277 cm³/mol. The molecule has 0 amide bonds. The van der Waals surface area contributed by atoms with Crippen molar-refractivity contribution in [3.8, 4) is 44.5 Å². The van der Waals surface area contributed by atoms with E-state index in [1.165, 1.54) is 117 Å². The third kappa shape index (κ3) is 5.97. The maximum Gasteiger partial charge on any atom is 0.0746 e. The zero-order chi connectivity index (χ0) is 45.2. The van der Waals surface area contributed by atoms with E-state index in [1.807, 2.05) is 0 Å². The first-order valence-corrected chi connectivity index (χ1v) is 24.0. The van der Waals surface area contributed by atoms with Crippen molar-refractivity contribution >= 4 is 17.1 Å². The van der Waals surface area contributed by atoms with Crippen LogP contribution in [0.4, 0.5) is 17.1 Å². The first-order chi connectivity index (χ1) is 31.2. The van der Waals surface area contributed by atoms with Gasteiger partial charge in [-0.25, -0.2) is 0 Å². The second-order valence-corrected chi connectivity index (χ2v) is 21.5. The fourth-order valence-corrected chi connectivity index (χ4v) is 12.0. The van der Waals surface area contributed by atoms with Gasteiger partial charge in [0.1, 0.15) is 0 Å². The number of benzene rings is 8. The molecule has 1 spiro atoms. The molecule has 0 saturated heterocycles. The Morgan fingerprint density at radius 2 is 0.846 bits per heavy atom. The highest BCUT2D eigenvalue weighted by Crippen LogP contribution is 2.66. The highest BCUT2D eigenvalue weighted by molar-refractivity contribution is 6.00. The fraction of sp³-hybridized carbons (Fsp3) is 0.250. The average molecular weight is 844 g/mol. The van der Waals surface area contributed by atoms with Crippen LogP contribution in [0.1, 0.15) is 125 Å². The van der Waals surface area contributed by atoms with Gasteiger partial charge in [0.2, 0.25) is 0 Å². The molecule has 3 aliphatic carbocycles. The van der Waals surface area contributed by atoms with E-state index in [-0.39, 0.29) is 16.2 Å². The van der Waals surface area contributed by atoms with Gasteiger partial charge in [-0.3, -0.25) is 0 Å². The summed E-state index contributed by atoms with van der Waals surface area (Å²) in [5.41, 5.74) is 27.2. The van der Waals surface area contributed by atoms with E-state index in [1.54, 1.807) is 0 Å². The molecule has 0 saturated carbocycles. The van der Waals surface area contributed by atoms with Crippen LogP contribution in [0.5, 0.6) is 0 Å². The van der Waals surface area contributed by atoms with Gasteiger partial charge in [-0.05, 0) is 149 Å². The van der Waals surface area contributed by atoms with Crippen LogP contribution in [0, 0.1) is 0 Å². The van der Waals surface area contributed by atoms with Gasteiger partial charge in [0, 0.05) is 22.4 Å².